The quantitative estimate of drug-likeness (QED) is 0.769. The number of amides is 2. The molecule has 2 fully saturated rings. The van der Waals surface area contributed by atoms with Gasteiger partial charge in [0.05, 0.1) is 27.9 Å². The largest absolute Gasteiger partial charge is 0.371 e. The Bertz CT molecular complexity index is 832. The van der Waals surface area contributed by atoms with Crippen LogP contribution in [0.2, 0.25) is 0 Å². The van der Waals surface area contributed by atoms with E-state index in [9.17, 15) is 18.2 Å². The Hall–Kier alpha value is -1.80. The van der Waals surface area contributed by atoms with Gasteiger partial charge in [0.25, 0.3) is 5.91 Å². The third kappa shape index (κ3) is 4.55. The second-order valence-corrected chi connectivity index (χ2v) is 9.90. The Morgan fingerprint density at radius 3 is 2.48 bits per heavy atom. The molecule has 2 amide bonds. The van der Waals surface area contributed by atoms with E-state index < -0.39 is 27.2 Å². The first-order chi connectivity index (χ1) is 12.7. The Kier molecular flexibility index (Phi) is 5.67. The highest BCUT2D eigenvalue weighted by atomic mass is 32.2. The minimum absolute atomic E-state index is 0.0111. The molecule has 3 rings (SSSR count). The van der Waals surface area contributed by atoms with Crippen molar-refractivity contribution in [3.05, 3.63) is 35.6 Å². The molecule has 0 radical (unpaired) electrons. The van der Waals surface area contributed by atoms with Gasteiger partial charge >= 0.3 is 0 Å². The maximum atomic E-state index is 13.1. The van der Waals surface area contributed by atoms with Crippen LogP contribution in [-0.4, -0.2) is 57.7 Å². The maximum absolute atomic E-state index is 13.1. The first kappa shape index (κ1) is 19.9. The van der Waals surface area contributed by atoms with Crippen molar-refractivity contribution in [3.63, 3.8) is 0 Å². The van der Waals surface area contributed by atoms with Gasteiger partial charge in [-0.05, 0) is 37.5 Å². The summed E-state index contributed by atoms with van der Waals surface area (Å²) in [7, 11) is -2.65. The van der Waals surface area contributed by atoms with E-state index in [1.54, 1.807) is 24.0 Å². The van der Waals surface area contributed by atoms with Crippen molar-refractivity contribution in [2.24, 2.45) is 4.36 Å². The van der Waals surface area contributed by atoms with Crippen LogP contribution in [0.15, 0.2) is 28.6 Å². The molecule has 1 aromatic rings. The summed E-state index contributed by atoms with van der Waals surface area (Å²) in [5.41, 5.74) is 0.166. The second-order valence-electron chi connectivity index (χ2n) is 7.36. The average molecular weight is 396 g/mol. The van der Waals surface area contributed by atoms with Crippen LogP contribution in [0.4, 0.5) is 4.39 Å². The van der Waals surface area contributed by atoms with Gasteiger partial charge in [-0.1, -0.05) is 12.1 Å². The zero-order chi connectivity index (χ0) is 19.7. The first-order valence-corrected chi connectivity index (χ1v) is 11.0. The van der Waals surface area contributed by atoms with Crippen LogP contribution in [-0.2, 0) is 24.1 Å². The van der Waals surface area contributed by atoms with Crippen LogP contribution >= 0.6 is 0 Å². The molecule has 0 aromatic heterocycles. The molecule has 6 nitrogen and oxygen atoms in total. The number of hydrogen-bond donors (Lipinski definition) is 0. The van der Waals surface area contributed by atoms with Crippen LogP contribution in [0.3, 0.4) is 0 Å². The molecule has 2 saturated heterocycles. The van der Waals surface area contributed by atoms with Gasteiger partial charge in [-0.3, -0.25) is 9.59 Å². The van der Waals surface area contributed by atoms with Crippen LogP contribution in [0.5, 0.6) is 0 Å². The normalized spacial score (nSPS) is 29.4. The molecule has 0 saturated carbocycles. The smallest absolute Gasteiger partial charge is 0.261 e. The fraction of sp³-hybridized carbons (Fsp3) is 0.579. The van der Waals surface area contributed by atoms with Crippen LogP contribution in [0.25, 0.3) is 0 Å². The summed E-state index contributed by atoms with van der Waals surface area (Å²) in [6, 6.07) is 5.68. The highest BCUT2D eigenvalue weighted by Crippen LogP contribution is 2.32. The summed E-state index contributed by atoms with van der Waals surface area (Å²) >= 11 is 0. The summed E-state index contributed by atoms with van der Waals surface area (Å²) in [6.07, 6.45) is 1.02. The average Bonchev–Trinajstić information content (AvgIpc) is 2.65. The lowest BCUT2D eigenvalue weighted by Gasteiger charge is -2.45. The summed E-state index contributed by atoms with van der Waals surface area (Å²) in [4.78, 5) is 25.9. The molecule has 2 aliphatic heterocycles. The van der Waals surface area contributed by atoms with Gasteiger partial charge in [0.1, 0.15) is 5.82 Å². The number of hydrogen-bond acceptors (Lipinski definition) is 4. The lowest BCUT2D eigenvalue weighted by Crippen LogP contribution is -2.56. The Morgan fingerprint density at radius 1 is 1.26 bits per heavy atom. The van der Waals surface area contributed by atoms with E-state index in [1.807, 2.05) is 0 Å². The molecule has 148 valence electrons. The first-order valence-electron chi connectivity index (χ1n) is 9.13. The SMILES string of the molecule is CC(=O)N1CCOC2(CCS(=O)(=NC(=O)C(C)c3ccc(F)cc3)CC2)C1. The summed E-state index contributed by atoms with van der Waals surface area (Å²) in [5.74, 6) is -0.819. The van der Waals surface area contributed by atoms with Crippen molar-refractivity contribution in [1.82, 2.24) is 4.90 Å². The molecule has 1 aromatic carbocycles. The summed E-state index contributed by atoms with van der Waals surface area (Å²) in [6.45, 7) is 4.76. The third-order valence-corrected chi connectivity index (χ3v) is 7.64. The molecule has 0 bridgehead atoms. The molecule has 2 aliphatic rings. The van der Waals surface area contributed by atoms with E-state index in [-0.39, 0.29) is 23.2 Å². The van der Waals surface area contributed by atoms with Crippen molar-refractivity contribution in [1.29, 1.82) is 0 Å². The number of halogens is 1. The molecule has 8 heteroatoms. The van der Waals surface area contributed by atoms with E-state index in [0.29, 0.717) is 38.1 Å². The van der Waals surface area contributed by atoms with Crippen molar-refractivity contribution >= 4 is 21.5 Å². The Labute approximate surface area is 159 Å². The third-order valence-electron chi connectivity index (χ3n) is 5.44. The molecule has 2 heterocycles. The second kappa shape index (κ2) is 7.67. The van der Waals surface area contributed by atoms with E-state index >= 15 is 0 Å². The van der Waals surface area contributed by atoms with Gasteiger partial charge in [0.2, 0.25) is 5.91 Å². The van der Waals surface area contributed by atoms with Crippen LogP contribution < -0.4 is 0 Å². The van der Waals surface area contributed by atoms with Gasteiger partial charge in [0.15, 0.2) is 0 Å². The standard InChI is InChI=1S/C19H25FN2O4S/c1-14(16-3-5-17(20)6-4-16)18(24)21-27(25)11-7-19(8-12-27)13-22(15(2)23)9-10-26-19/h3-6,14H,7-13H2,1-2H3. The molecular formula is C19H25FN2O4S. The number of nitrogens with zero attached hydrogens (tertiary/aromatic N) is 2. The van der Waals surface area contributed by atoms with Gasteiger partial charge in [-0.2, -0.15) is 4.36 Å². The minimum atomic E-state index is -2.65. The van der Waals surface area contributed by atoms with Gasteiger partial charge in [-0.15, -0.1) is 0 Å². The molecular weight excluding hydrogens is 371 g/mol. The Morgan fingerprint density at radius 2 is 1.89 bits per heavy atom. The zero-order valence-corrected chi connectivity index (χ0v) is 16.5. The van der Waals surface area contributed by atoms with Gasteiger partial charge < -0.3 is 9.64 Å². The van der Waals surface area contributed by atoms with E-state index in [2.05, 4.69) is 4.36 Å². The lowest BCUT2D eigenvalue weighted by molar-refractivity contribution is -0.150. The van der Waals surface area contributed by atoms with E-state index in [1.165, 1.54) is 19.1 Å². The molecule has 0 N–H and O–H groups in total. The van der Waals surface area contributed by atoms with E-state index in [0.717, 1.165) is 0 Å². The minimum Gasteiger partial charge on any atom is -0.371 e. The molecule has 1 atom stereocenters. The Balaban J connectivity index is 1.69. The molecule has 0 aliphatic carbocycles. The number of rotatable bonds is 2. The van der Waals surface area contributed by atoms with Gasteiger partial charge in [0, 0.05) is 31.5 Å². The molecule has 1 unspecified atom stereocenters. The van der Waals surface area contributed by atoms with Crippen molar-refractivity contribution in [3.8, 4) is 0 Å². The monoisotopic (exact) mass is 396 g/mol. The highest BCUT2D eigenvalue weighted by molar-refractivity contribution is 7.93. The van der Waals surface area contributed by atoms with Crippen molar-refractivity contribution < 1.29 is 22.9 Å². The molecule has 27 heavy (non-hydrogen) atoms. The fourth-order valence-corrected chi connectivity index (χ4v) is 5.82. The zero-order valence-electron chi connectivity index (χ0n) is 15.7. The number of carbonyl (C=O) groups excluding carboxylic acids is 2. The summed E-state index contributed by atoms with van der Waals surface area (Å²) in [5, 5.41) is 0. The fourth-order valence-electron chi connectivity index (χ4n) is 3.56. The predicted octanol–water partition coefficient (Wildman–Crippen LogP) is 2.34. The summed E-state index contributed by atoms with van der Waals surface area (Å²) < 4.78 is 36.1. The van der Waals surface area contributed by atoms with Crippen molar-refractivity contribution in [2.45, 2.75) is 38.2 Å². The predicted molar refractivity (Wildman–Crippen MR) is 100 cm³/mol. The van der Waals surface area contributed by atoms with Gasteiger partial charge in [-0.25, -0.2) is 8.60 Å². The van der Waals surface area contributed by atoms with E-state index in [4.69, 9.17) is 4.74 Å². The number of ether oxygens (including phenoxy) is 1. The molecule has 1 spiro atoms. The highest BCUT2D eigenvalue weighted by Gasteiger charge is 2.42. The lowest BCUT2D eigenvalue weighted by atomic mass is 9.94. The van der Waals surface area contributed by atoms with Crippen LogP contribution in [0.1, 0.15) is 38.2 Å². The van der Waals surface area contributed by atoms with Crippen molar-refractivity contribution in [2.75, 3.05) is 31.2 Å². The van der Waals surface area contributed by atoms with Crippen LogP contribution in [0, 0.1) is 5.82 Å². The number of carbonyl (C=O) groups is 2. The number of benzene rings is 1. The number of morpholine rings is 1. The topological polar surface area (TPSA) is 76.0 Å². The maximum Gasteiger partial charge on any atom is 0.261 e.